The number of aromatic nitrogens is 2. The first-order valence-corrected chi connectivity index (χ1v) is 10.9. The van der Waals surface area contributed by atoms with Crippen LogP contribution in [0.1, 0.15) is 35.1 Å². The molecule has 3 aromatic rings. The summed E-state index contributed by atoms with van der Waals surface area (Å²) in [6.45, 7) is 9.24. The van der Waals surface area contributed by atoms with Crippen LogP contribution in [0.5, 0.6) is 0 Å². The predicted molar refractivity (Wildman–Crippen MR) is 122 cm³/mol. The van der Waals surface area contributed by atoms with E-state index < -0.39 is 5.82 Å². The fourth-order valence-electron chi connectivity index (χ4n) is 4.22. The summed E-state index contributed by atoms with van der Waals surface area (Å²) in [4.78, 5) is 7.50. The van der Waals surface area contributed by atoms with Crippen molar-refractivity contribution in [2.45, 2.75) is 39.8 Å². The van der Waals surface area contributed by atoms with Gasteiger partial charge in [-0.3, -0.25) is 4.90 Å². The number of likely N-dealkylation sites (tertiary alicyclic amines) is 1. The van der Waals surface area contributed by atoms with Crippen LogP contribution in [-0.2, 0) is 13.1 Å². The molecule has 0 aliphatic carbocycles. The van der Waals surface area contributed by atoms with Crippen molar-refractivity contribution >= 4 is 28.6 Å². The number of nitrogens with two attached hydrogens (primary N) is 1. The Hall–Kier alpha value is -2.15. The molecule has 4 rings (SSSR count). The van der Waals surface area contributed by atoms with Gasteiger partial charge in [0.25, 0.3) is 0 Å². The molecule has 2 aromatic carbocycles. The van der Waals surface area contributed by atoms with Crippen LogP contribution in [-0.4, -0.2) is 40.6 Å². The van der Waals surface area contributed by atoms with Gasteiger partial charge in [0.05, 0.1) is 22.6 Å². The molecule has 0 amide bonds. The van der Waals surface area contributed by atoms with E-state index in [1.165, 1.54) is 35.6 Å². The van der Waals surface area contributed by atoms with Crippen molar-refractivity contribution in [2.24, 2.45) is 5.73 Å². The molecule has 0 atom stereocenters. The monoisotopic (exact) mass is 429 g/mol. The van der Waals surface area contributed by atoms with Crippen molar-refractivity contribution in [1.82, 2.24) is 14.5 Å². The first kappa shape index (κ1) is 21.1. The summed E-state index contributed by atoms with van der Waals surface area (Å²) in [5.41, 5.74) is 12.6. The number of hydrogen-bond acceptors (Lipinski definition) is 4. The zero-order chi connectivity index (χ0) is 21.3. The van der Waals surface area contributed by atoms with Gasteiger partial charge in [-0.1, -0.05) is 17.7 Å². The molecule has 1 aliphatic rings. The van der Waals surface area contributed by atoms with Crippen LogP contribution < -0.4 is 11.1 Å². The quantitative estimate of drug-likeness (QED) is 0.582. The second-order valence-electron chi connectivity index (χ2n) is 8.13. The van der Waals surface area contributed by atoms with Crippen LogP contribution in [0.3, 0.4) is 0 Å². The summed E-state index contributed by atoms with van der Waals surface area (Å²) in [5, 5.41) is 3.50. The number of aryl methyl sites for hydroxylation is 1. The Balaban J connectivity index is 1.81. The van der Waals surface area contributed by atoms with Gasteiger partial charge in [-0.05, 0) is 80.2 Å². The van der Waals surface area contributed by atoms with Gasteiger partial charge in [-0.15, -0.1) is 0 Å². The number of benzene rings is 2. The smallest absolute Gasteiger partial charge is 0.204 e. The lowest BCUT2D eigenvalue weighted by Crippen LogP contribution is -2.19. The maximum absolute atomic E-state index is 13.6. The Kier molecular flexibility index (Phi) is 6.27. The van der Waals surface area contributed by atoms with E-state index in [2.05, 4.69) is 34.7 Å². The van der Waals surface area contributed by atoms with Gasteiger partial charge in [0.2, 0.25) is 5.95 Å². The molecule has 2 heterocycles. The number of hydrogen-bond donors (Lipinski definition) is 2. The highest BCUT2D eigenvalue weighted by atomic mass is 35.5. The van der Waals surface area contributed by atoms with Gasteiger partial charge < -0.3 is 15.6 Å². The molecule has 5 nitrogen and oxygen atoms in total. The second-order valence-corrected chi connectivity index (χ2v) is 8.54. The minimum atomic E-state index is -0.406. The number of nitrogens with zero attached hydrogens (tertiary/aromatic N) is 3. The molecule has 0 radical (unpaired) electrons. The maximum Gasteiger partial charge on any atom is 0.204 e. The third-order valence-corrected chi connectivity index (χ3v) is 6.31. The summed E-state index contributed by atoms with van der Waals surface area (Å²) in [6, 6.07) is 7.06. The number of halogens is 2. The van der Waals surface area contributed by atoms with Crippen LogP contribution in [0.2, 0.25) is 5.02 Å². The highest BCUT2D eigenvalue weighted by Crippen LogP contribution is 2.31. The predicted octanol–water partition coefficient (Wildman–Crippen LogP) is 4.46. The number of fused-ring (bicyclic) bond motifs is 1. The Bertz CT molecular complexity index is 1060. The Labute approximate surface area is 182 Å². The number of imidazole rings is 1. The molecule has 0 saturated carbocycles. The fourth-order valence-corrected chi connectivity index (χ4v) is 4.42. The SMILES string of the molecule is Cc1cc2c(nc(NCCN)n2Cc2ccc(F)c(Cl)c2)c(CN2CCCC2)c1C. The largest absolute Gasteiger partial charge is 0.354 e. The molecule has 3 N–H and O–H groups in total. The lowest BCUT2D eigenvalue weighted by atomic mass is 10.0. The molecule has 0 bridgehead atoms. The highest BCUT2D eigenvalue weighted by Gasteiger charge is 2.20. The minimum absolute atomic E-state index is 0.134. The third-order valence-electron chi connectivity index (χ3n) is 6.02. The van der Waals surface area contributed by atoms with E-state index in [9.17, 15) is 4.39 Å². The second kappa shape index (κ2) is 8.92. The zero-order valence-corrected chi connectivity index (χ0v) is 18.4. The van der Waals surface area contributed by atoms with Gasteiger partial charge in [0.15, 0.2) is 0 Å². The van der Waals surface area contributed by atoms with Crippen LogP contribution in [0.4, 0.5) is 10.3 Å². The first-order chi connectivity index (χ1) is 14.5. The third kappa shape index (κ3) is 4.17. The van der Waals surface area contributed by atoms with E-state index in [4.69, 9.17) is 22.3 Å². The van der Waals surface area contributed by atoms with Crippen molar-refractivity contribution in [2.75, 3.05) is 31.5 Å². The van der Waals surface area contributed by atoms with E-state index in [-0.39, 0.29) is 5.02 Å². The summed E-state index contributed by atoms with van der Waals surface area (Å²) < 4.78 is 15.8. The maximum atomic E-state index is 13.6. The first-order valence-electron chi connectivity index (χ1n) is 10.6. The fraction of sp³-hybridized carbons (Fsp3) is 0.435. The van der Waals surface area contributed by atoms with Gasteiger partial charge in [-0.25, -0.2) is 9.37 Å². The van der Waals surface area contributed by atoms with Gasteiger partial charge >= 0.3 is 0 Å². The molecule has 30 heavy (non-hydrogen) atoms. The normalized spacial score (nSPS) is 14.7. The molecule has 160 valence electrons. The van der Waals surface area contributed by atoms with E-state index >= 15 is 0 Å². The molecule has 1 fully saturated rings. The summed E-state index contributed by atoms with van der Waals surface area (Å²) in [6.07, 6.45) is 2.52. The number of rotatable bonds is 7. The number of nitrogens with one attached hydrogen (secondary N) is 1. The van der Waals surface area contributed by atoms with Gasteiger partial charge in [0, 0.05) is 19.6 Å². The van der Waals surface area contributed by atoms with Crippen molar-refractivity contribution in [3.63, 3.8) is 0 Å². The average Bonchev–Trinajstić information content (AvgIpc) is 3.35. The summed E-state index contributed by atoms with van der Waals surface area (Å²) in [5.74, 6) is 0.375. The van der Waals surface area contributed by atoms with Crippen molar-refractivity contribution < 1.29 is 4.39 Å². The van der Waals surface area contributed by atoms with E-state index in [1.807, 2.05) is 0 Å². The Morgan fingerprint density at radius 1 is 1.17 bits per heavy atom. The average molecular weight is 430 g/mol. The summed E-state index contributed by atoms with van der Waals surface area (Å²) >= 11 is 6.02. The molecule has 0 spiro atoms. The highest BCUT2D eigenvalue weighted by molar-refractivity contribution is 6.30. The molecule has 7 heteroatoms. The molecule has 1 aromatic heterocycles. The Morgan fingerprint density at radius 3 is 2.63 bits per heavy atom. The Morgan fingerprint density at radius 2 is 1.93 bits per heavy atom. The van der Waals surface area contributed by atoms with Crippen molar-refractivity contribution in [1.29, 1.82) is 0 Å². The van der Waals surface area contributed by atoms with E-state index in [0.29, 0.717) is 19.6 Å². The van der Waals surface area contributed by atoms with Crippen LogP contribution in [0.15, 0.2) is 24.3 Å². The van der Waals surface area contributed by atoms with Crippen LogP contribution in [0, 0.1) is 19.7 Å². The zero-order valence-electron chi connectivity index (χ0n) is 17.6. The van der Waals surface area contributed by atoms with E-state index in [1.54, 1.807) is 12.1 Å². The standard InChI is InChI=1S/C23H29ClFN5/c1-15-11-21-22(18(16(15)2)14-29-9-3-4-10-29)28-23(27-8-7-26)30(21)13-17-5-6-20(25)19(24)12-17/h5-6,11-12H,3-4,7-10,13-14,26H2,1-2H3,(H,27,28). The lowest BCUT2D eigenvalue weighted by molar-refractivity contribution is 0.332. The van der Waals surface area contributed by atoms with Crippen LogP contribution >= 0.6 is 11.6 Å². The lowest BCUT2D eigenvalue weighted by Gasteiger charge is -2.18. The number of anilines is 1. The molecular formula is C23H29ClFN5. The topological polar surface area (TPSA) is 59.1 Å². The molecule has 1 aliphatic heterocycles. The van der Waals surface area contributed by atoms with Crippen molar-refractivity contribution in [3.8, 4) is 0 Å². The molecule has 1 saturated heterocycles. The molecular weight excluding hydrogens is 401 g/mol. The van der Waals surface area contributed by atoms with E-state index in [0.717, 1.165) is 42.2 Å². The van der Waals surface area contributed by atoms with Crippen LogP contribution in [0.25, 0.3) is 11.0 Å². The van der Waals surface area contributed by atoms with Gasteiger partial charge in [-0.2, -0.15) is 0 Å². The van der Waals surface area contributed by atoms with Crippen molar-refractivity contribution in [3.05, 3.63) is 57.4 Å². The summed E-state index contributed by atoms with van der Waals surface area (Å²) in [7, 11) is 0. The minimum Gasteiger partial charge on any atom is -0.354 e. The molecule has 0 unspecified atom stereocenters. The van der Waals surface area contributed by atoms with Gasteiger partial charge in [0.1, 0.15) is 5.82 Å².